The first-order valence-electron chi connectivity index (χ1n) is 4.37. The summed E-state index contributed by atoms with van der Waals surface area (Å²) in [6.07, 6.45) is 0.308. The molecule has 5 heteroatoms. The Labute approximate surface area is 81.4 Å². The number of rotatable bonds is 4. The van der Waals surface area contributed by atoms with E-state index < -0.39 is 12.1 Å². The summed E-state index contributed by atoms with van der Waals surface area (Å²) in [6.45, 7) is 1.97. The Morgan fingerprint density at radius 3 is 2.36 bits per heavy atom. The molecule has 0 rings (SSSR count). The topological polar surface area (TPSA) is 20.3 Å². The highest BCUT2D eigenvalue weighted by Crippen LogP contribution is 2.17. The highest BCUT2D eigenvalue weighted by atomic mass is 19.4. The average molecular weight is 209 g/mol. The van der Waals surface area contributed by atoms with Crippen LogP contribution in [0.1, 0.15) is 19.8 Å². The molecule has 0 heterocycles. The van der Waals surface area contributed by atoms with Gasteiger partial charge in [-0.2, -0.15) is 13.2 Å². The Morgan fingerprint density at radius 2 is 1.93 bits per heavy atom. The van der Waals surface area contributed by atoms with Crippen molar-refractivity contribution in [2.45, 2.75) is 25.9 Å². The second kappa shape index (κ2) is 5.67. The van der Waals surface area contributed by atoms with E-state index in [0.717, 1.165) is 19.9 Å². The van der Waals surface area contributed by atoms with Gasteiger partial charge in [0, 0.05) is 13.6 Å². The Bertz CT molecular complexity index is 211. The molecule has 0 radical (unpaired) electrons. The van der Waals surface area contributed by atoms with Crippen molar-refractivity contribution in [1.82, 2.24) is 4.90 Å². The molecule has 0 saturated carbocycles. The molecule has 0 fully saturated rings. The molecular formula is C9H14F3NO. The summed E-state index contributed by atoms with van der Waals surface area (Å²) in [5.41, 5.74) is 0. The Hall–Kier alpha value is -1.00. The number of alkyl halides is 3. The maximum absolute atomic E-state index is 11.9. The van der Waals surface area contributed by atoms with Crippen molar-refractivity contribution >= 4 is 5.91 Å². The van der Waals surface area contributed by atoms with E-state index in [1.165, 1.54) is 0 Å². The molecular weight excluding hydrogens is 195 g/mol. The lowest BCUT2D eigenvalue weighted by Gasteiger charge is -2.16. The summed E-state index contributed by atoms with van der Waals surface area (Å²) in [5, 5.41) is 0. The van der Waals surface area contributed by atoms with Crippen molar-refractivity contribution in [3.05, 3.63) is 12.2 Å². The molecule has 0 atom stereocenters. The zero-order valence-electron chi connectivity index (χ0n) is 8.27. The van der Waals surface area contributed by atoms with Crippen LogP contribution in [0.25, 0.3) is 0 Å². The standard InChI is InChI=1S/C9H14F3NO/c1-3-4-5-6-7-13(2)8(14)9(10,11)12/h5-6H,3-4,7H2,1-2H3/b6-5+. The van der Waals surface area contributed by atoms with Gasteiger partial charge < -0.3 is 4.90 Å². The predicted octanol–water partition coefficient (Wildman–Crippen LogP) is 2.36. The molecule has 82 valence electrons. The molecule has 0 aliphatic rings. The Balaban J connectivity index is 3.97. The molecule has 2 nitrogen and oxygen atoms in total. The third-order valence-electron chi connectivity index (χ3n) is 1.59. The summed E-state index contributed by atoms with van der Waals surface area (Å²) < 4.78 is 35.6. The smallest absolute Gasteiger partial charge is 0.334 e. The molecule has 0 aromatic carbocycles. The van der Waals surface area contributed by atoms with Crippen LogP contribution in [-0.2, 0) is 4.79 Å². The third kappa shape index (κ3) is 4.89. The van der Waals surface area contributed by atoms with Gasteiger partial charge in [0.25, 0.3) is 0 Å². The highest BCUT2D eigenvalue weighted by Gasteiger charge is 2.40. The zero-order valence-corrected chi connectivity index (χ0v) is 8.27. The number of unbranched alkanes of at least 4 members (excludes halogenated alkanes) is 1. The van der Waals surface area contributed by atoms with E-state index in [9.17, 15) is 18.0 Å². The molecule has 1 amide bonds. The maximum Gasteiger partial charge on any atom is 0.471 e. The van der Waals surface area contributed by atoms with Crippen LogP contribution in [0.15, 0.2) is 12.2 Å². The lowest BCUT2D eigenvalue weighted by Crippen LogP contribution is -2.38. The van der Waals surface area contributed by atoms with Gasteiger partial charge in [0.15, 0.2) is 0 Å². The van der Waals surface area contributed by atoms with Gasteiger partial charge in [-0.1, -0.05) is 25.5 Å². The third-order valence-corrected chi connectivity index (χ3v) is 1.59. The minimum Gasteiger partial charge on any atom is -0.334 e. The molecule has 0 N–H and O–H groups in total. The fraction of sp³-hybridized carbons (Fsp3) is 0.667. The summed E-state index contributed by atoms with van der Waals surface area (Å²) in [5.74, 6) is -1.81. The first kappa shape index (κ1) is 13.0. The van der Waals surface area contributed by atoms with Crippen molar-refractivity contribution in [3.8, 4) is 0 Å². The van der Waals surface area contributed by atoms with Crippen LogP contribution >= 0.6 is 0 Å². The first-order chi connectivity index (χ1) is 6.39. The van der Waals surface area contributed by atoms with E-state index in [0.29, 0.717) is 4.90 Å². The fourth-order valence-electron chi connectivity index (χ4n) is 0.816. The molecule has 14 heavy (non-hydrogen) atoms. The largest absolute Gasteiger partial charge is 0.471 e. The van der Waals surface area contributed by atoms with Gasteiger partial charge >= 0.3 is 12.1 Å². The lowest BCUT2D eigenvalue weighted by molar-refractivity contribution is -0.183. The van der Waals surface area contributed by atoms with Gasteiger partial charge in [0.05, 0.1) is 0 Å². The van der Waals surface area contributed by atoms with E-state index in [1.54, 1.807) is 12.2 Å². The molecule has 0 bridgehead atoms. The lowest BCUT2D eigenvalue weighted by atomic mass is 10.3. The van der Waals surface area contributed by atoms with Gasteiger partial charge in [0.2, 0.25) is 0 Å². The van der Waals surface area contributed by atoms with Crippen molar-refractivity contribution < 1.29 is 18.0 Å². The van der Waals surface area contributed by atoms with Gasteiger partial charge in [-0.15, -0.1) is 0 Å². The van der Waals surface area contributed by atoms with Crippen molar-refractivity contribution in [1.29, 1.82) is 0 Å². The molecule has 0 aromatic rings. The summed E-state index contributed by atoms with van der Waals surface area (Å²) in [4.78, 5) is 11.2. The molecule has 0 aliphatic carbocycles. The Kier molecular flexibility index (Phi) is 5.27. The summed E-state index contributed by atoms with van der Waals surface area (Å²) >= 11 is 0. The van der Waals surface area contributed by atoms with E-state index >= 15 is 0 Å². The van der Waals surface area contributed by atoms with Gasteiger partial charge in [-0.05, 0) is 6.42 Å². The minimum absolute atomic E-state index is 0.00164. The average Bonchev–Trinajstić information content (AvgIpc) is 2.09. The van der Waals surface area contributed by atoms with E-state index in [-0.39, 0.29) is 6.54 Å². The number of amides is 1. The van der Waals surface area contributed by atoms with Crippen LogP contribution in [0, 0.1) is 0 Å². The van der Waals surface area contributed by atoms with E-state index in [1.807, 2.05) is 6.92 Å². The number of carbonyl (C=O) groups excluding carboxylic acids is 1. The quantitative estimate of drug-likeness (QED) is 0.651. The van der Waals surface area contributed by atoms with Crippen LogP contribution in [0.4, 0.5) is 13.2 Å². The van der Waals surface area contributed by atoms with Crippen LogP contribution < -0.4 is 0 Å². The summed E-state index contributed by atoms with van der Waals surface area (Å²) in [6, 6.07) is 0. The molecule has 0 saturated heterocycles. The van der Waals surface area contributed by atoms with E-state index in [4.69, 9.17) is 0 Å². The van der Waals surface area contributed by atoms with Gasteiger partial charge in [-0.3, -0.25) is 4.79 Å². The molecule has 0 unspecified atom stereocenters. The first-order valence-corrected chi connectivity index (χ1v) is 4.37. The molecule has 0 spiro atoms. The fourth-order valence-corrected chi connectivity index (χ4v) is 0.816. The van der Waals surface area contributed by atoms with E-state index in [2.05, 4.69) is 0 Å². The Morgan fingerprint density at radius 1 is 1.36 bits per heavy atom. The molecule has 0 aliphatic heterocycles. The number of halogens is 3. The number of likely N-dealkylation sites (N-methyl/N-ethyl adjacent to an activating group) is 1. The number of carbonyl (C=O) groups is 1. The van der Waals surface area contributed by atoms with Crippen molar-refractivity contribution in [2.75, 3.05) is 13.6 Å². The predicted molar refractivity (Wildman–Crippen MR) is 47.7 cm³/mol. The number of hydrogen-bond donors (Lipinski definition) is 0. The number of hydrogen-bond acceptors (Lipinski definition) is 1. The highest BCUT2D eigenvalue weighted by molar-refractivity contribution is 5.81. The summed E-state index contributed by atoms with van der Waals surface area (Å²) in [7, 11) is 1.13. The van der Waals surface area contributed by atoms with Crippen molar-refractivity contribution in [3.63, 3.8) is 0 Å². The monoisotopic (exact) mass is 209 g/mol. The van der Waals surface area contributed by atoms with Gasteiger partial charge in [0.1, 0.15) is 0 Å². The van der Waals surface area contributed by atoms with Crippen molar-refractivity contribution in [2.24, 2.45) is 0 Å². The SMILES string of the molecule is CCC/C=C/CN(C)C(=O)C(F)(F)F. The maximum atomic E-state index is 11.9. The normalized spacial score (nSPS) is 12.1. The zero-order chi connectivity index (χ0) is 11.2. The van der Waals surface area contributed by atoms with Crippen LogP contribution in [0.2, 0.25) is 0 Å². The second-order valence-electron chi connectivity index (χ2n) is 2.94. The second-order valence-corrected chi connectivity index (χ2v) is 2.94. The van der Waals surface area contributed by atoms with Crippen LogP contribution in [0.3, 0.4) is 0 Å². The van der Waals surface area contributed by atoms with Gasteiger partial charge in [-0.25, -0.2) is 0 Å². The van der Waals surface area contributed by atoms with Crippen LogP contribution in [-0.4, -0.2) is 30.6 Å². The number of nitrogens with zero attached hydrogens (tertiary/aromatic N) is 1. The molecule has 0 aromatic heterocycles. The number of allylic oxidation sites excluding steroid dienone is 1. The minimum atomic E-state index is -4.77. The van der Waals surface area contributed by atoms with Crippen LogP contribution in [0.5, 0.6) is 0 Å².